The number of fused-ring (bicyclic) bond motifs is 1. The standard InChI is InChI=1S/C8H10N2/c1-6-2-3-8-7(4-6)5-9-10-8/h4-5H,2-3H2,1H3,(H,9,10). The average molecular weight is 134 g/mol. The molecule has 1 N–H and O–H groups in total. The Morgan fingerprint density at radius 1 is 1.50 bits per heavy atom. The molecule has 1 aromatic rings. The Balaban J connectivity index is 2.50. The molecule has 52 valence electrons. The lowest BCUT2D eigenvalue weighted by molar-refractivity contribution is 0.873. The number of allylic oxidation sites excluding steroid dienone is 1. The molecule has 0 bridgehead atoms. The molecule has 2 rings (SSSR count). The number of aromatic amines is 1. The first-order valence-electron chi connectivity index (χ1n) is 3.55. The summed E-state index contributed by atoms with van der Waals surface area (Å²) in [7, 11) is 0. The molecule has 0 amide bonds. The van der Waals surface area contributed by atoms with Crippen LogP contribution < -0.4 is 0 Å². The summed E-state index contributed by atoms with van der Waals surface area (Å²) >= 11 is 0. The summed E-state index contributed by atoms with van der Waals surface area (Å²) in [6.45, 7) is 2.16. The highest BCUT2D eigenvalue weighted by Gasteiger charge is 2.07. The van der Waals surface area contributed by atoms with E-state index >= 15 is 0 Å². The third kappa shape index (κ3) is 0.764. The number of H-pyrrole nitrogens is 1. The number of hydrogen-bond donors (Lipinski definition) is 1. The normalized spacial score (nSPS) is 16.3. The van der Waals surface area contributed by atoms with Gasteiger partial charge in [0, 0.05) is 11.3 Å². The predicted molar refractivity (Wildman–Crippen MR) is 40.6 cm³/mol. The molecule has 0 radical (unpaired) electrons. The zero-order valence-electron chi connectivity index (χ0n) is 6.02. The van der Waals surface area contributed by atoms with Gasteiger partial charge >= 0.3 is 0 Å². The van der Waals surface area contributed by atoms with Gasteiger partial charge in [-0.1, -0.05) is 11.6 Å². The van der Waals surface area contributed by atoms with Crippen LogP contribution in [0.25, 0.3) is 6.08 Å². The van der Waals surface area contributed by atoms with E-state index in [0.717, 1.165) is 6.42 Å². The zero-order valence-corrected chi connectivity index (χ0v) is 6.02. The Labute approximate surface area is 60.0 Å². The van der Waals surface area contributed by atoms with Gasteiger partial charge in [-0.3, -0.25) is 5.10 Å². The number of aryl methyl sites for hydroxylation is 1. The van der Waals surface area contributed by atoms with Gasteiger partial charge in [-0.2, -0.15) is 5.10 Å². The van der Waals surface area contributed by atoms with Crippen LogP contribution in [0.15, 0.2) is 11.8 Å². The first kappa shape index (κ1) is 5.71. The molecule has 2 heteroatoms. The molecule has 1 heterocycles. The zero-order chi connectivity index (χ0) is 6.97. The Kier molecular flexibility index (Phi) is 1.13. The molecular weight excluding hydrogens is 124 g/mol. The number of rotatable bonds is 0. The van der Waals surface area contributed by atoms with E-state index in [-0.39, 0.29) is 0 Å². The second kappa shape index (κ2) is 1.97. The maximum atomic E-state index is 3.97. The average Bonchev–Trinajstić information content (AvgIpc) is 2.33. The highest BCUT2D eigenvalue weighted by atomic mass is 15.1. The third-order valence-corrected chi connectivity index (χ3v) is 1.92. The monoisotopic (exact) mass is 134 g/mol. The summed E-state index contributed by atoms with van der Waals surface area (Å²) in [6, 6.07) is 0. The van der Waals surface area contributed by atoms with E-state index in [4.69, 9.17) is 0 Å². The van der Waals surface area contributed by atoms with Crippen LogP contribution in [0.2, 0.25) is 0 Å². The molecule has 10 heavy (non-hydrogen) atoms. The minimum atomic E-state index is 1.12. The summed E-state index contributed by atoms with van der Waals surface area (Å²) in [5.41, 5.74) is 4.00. The summed E-state index contributed by atoms with van der Waals surface area (Å²) in [5, 5.41) is 6.95. The highest BCUT2D eigenvalue weighted by Crippen LogP contribution is 2.20. The summed E-state index contributed by atoms with van der Waals surface area (Å²) in [4.78, 5) is 0. The lowest BCUT2D eigenvalue weighted by atomic mass is 10.00. The second-order valence-corrected chi connectivity index (χ2v) is 2.79. The molecule has 0 atom stereocenters. The Hall–Kier alpha value is -1.05. The molecule has 0 aliphatic heterocycles. The SMILES string of the molecule is CC1=Cc2cn[nH]c2CC1. The number of hydrogen-bond acceptors (Lipinski definition) is 1. The minimum Gasteiger partial charge on any atom is -0.282 e. The maximum Gasteiger partial charge on any atom is 0.0562 e. The number of nitrogens with one attached hydrogen (secondary N) is 1. The molecule has 1 aliphatic rings. The van der Waals surface area contributed by atoms with Crippen LogP contribution in [0.3, 0.4) is 0 Å². The van der Waals surface area contributed by atoms with Gasteiger partial charge in [0.1, 0.15) is 0 Å². The van der Waals surface area contributed by atoms with Gasteiger partial charge in [0.25, 0.3) is 0 Å². The van der Waals surface area contributed by atoms with Crippen molar-refractivity contribution in [3.8, 4) is 0 Å². The summed E-state index contributed by atoms with van der Waals surface area (Å²) < 4.78 is 0. The fourth-order valence-corrected chi connectivity index (χ4v) is 1.31. The van der Waals surface area contributed by atoms with Gasteiger partial charge < -0.3 is 0 Å². The minimum absolute atomic E-state index is 1.12. The first-order chi connectivity index (χ1) is 4.86. The molecule has 0 spiro atoms. The lowest BCUT2D eigenvalue weighted by Gasteiger charge is -2.06. The van der Waals surface area contributed by atoms with E-state index in [1.165, 1.54) is 23.3 Å². The van der Waals surface area contributed by atoms with Crippen molar-refractivity contribution in [2.24, 2.45) is 0 Å². The molecule has 1 aliphatic carbocycles. The molecule has 2 nitrogen and oxygen atoms in total. The fourth-order valence-electron chi connectivity index (χ4n) is 1.31. The number of aromatic nitrogens is 2. The van der Waals surface area contributed by atoms with Gasteiger partial charge in [-0.05, 0) is 19.8 Å². The van der Waals surface area contributed by atoms with Gasteiger partial charge in [0.05, 0.1) is 6.20 Å². The van der Waals surface area contributed by atoms with Gasteiger partial charge in [0.15, 0.2) is 0 Å². The van der Waals surface area contributed by atoms with E-state index in [1.54, 1.807) is 0 Å². The first-order valence-corrected chi connectivity index (χ1v) is 3.55. The van der Waals surface area contributed by atoms with Gasteiger partial charge in [-0.25, -0.2) is 0 Å². The molecule has 0 unspecified atom stereocenters. The lowest BCUT2D eigenvalue weighted by Crippen LogP contribution is -1.94. The van der Waals surface area contributed by atoms with Crippen LogP contribution in [0.5, 0.6) is 0 Å². The molecule has 0 saturated carbocycles. The largest absolute Gasteiger partial charge is 0.282 e. The summed E-state index contributed by atoms with van der Waals surface area (Å²) in [6.07, 6.45) is 6.38. The third-order valence-electron chi connectivity index (χ3n) is 1.92. The van der Waals surface area contributed by atoms with Crippen molar-refractivity contribution in [1.29, 1.82) is 0 Å². The summed E-state index contributed by atoms with van der Waals surface area (Å²) in [5.74, 6) is 0. The van der Waals surface area contributed by atoms with Crippen molar-refractivity contribution in [2.75, 3.05) is 0 Å². The fraction of sp³-hybridized carbons (Fsp3) is 0.375. The second-order valence-electron chi connectivity index (χ2n) is 2.79. The van der Waals surface area contributed by atoms with E-state index in [2.05, 4.69) is 23.2 Å². The maximum absolute atomic E-state index is 3.97. The quantitative estimate of drug-likeness (QED) is 0.575. The van der Waals surface area contributed by atoms with Crippen LogP contribution >= 0.6 is 0 Å². The van der Waals surface area contributed by atoms with Gasteiger partial charge in [-0.15, -0.1) is 0 Å². The van der Waals surface area contributed by atoms with E-state index < -0.39 is 0 Å². The van der Waals surface area contributed by atoms with Crippen LogP contribution in [0.1, 0.15) is 24.6 Å². The highest BCUT2D eigenvalue weighted by molar-refractivity contribution is 5.56. The molecule has 0 saturated heterocycles. The van der Waals surface area contributed by atoms with Crippen LogP contribution in [0.4, 0.5) is 0 Å². The van der Waals surface area contributed by atoms with E-state index in [1.807, 2.05) is 6.20 Å². The Bertz CT molecular complexity index is 271. The van der Waals surface area contributed by atoms with Crippen molar-refractivity contribution in [2.45, 2.75) is 19.8 Å². The van der Waals surface area contributed by atoms with Crippen molar-refractivity contribution in [3.63, 3.8) is 0 Å². The molecule has 0 fully saturated rings. The van der Waals surface area contributed by atoms with Crippen LogP contribution in [-0.2, 0) is 6.42 Å². The van der Waals surface area contributed by atoms with Crippen molar-refractivity contribution >= 4 is 6.08 Å². The Morgan fingerprint density at radius 3 is 3.30 bits per heavy atom. The molecule has 0 aromatic carbocycles. The Morgan fingerprint density at radius 2 is 2.40 bits per heavy atom. The van der Waals surface area contributed by atoms with Crippen molar-refractivity contribution in [1.82, 2.24) is 10.2 Å². The smallest absolute Gasteiger partial charge is 0.0562 e. The van der Waals surface area contributed by atoms with Crippen molar-refractivity contribution in [3.05, 3.63) is 23.0 Å². The predicted octanol–water partition coefficient (Wildman–Crippen LogP) is 1.76. The van der Waals surface area contributed by atoms with E-state index in [0.29, 0.717) is 0 Å². The van der Waals surface area contributed by atoms with Crippen LogP contribution in [0, 0.1) is 0 Å². The topological polar surface area (TPSA) is 28.7 Å². The van der Waals surface area contributed by atoms with Crippen LogP contribution in [-0.4, -0.2) is 10.2 Å². The number of nitrogens with zero attached hydrogens (tertiary/aromatic N) is 1. The van der Waals surface area contributed by atoms with E-state index in [9.17, 15) is 0 Å². The van der Waals surface area contributed by atoms with Crippen molar-refractivity contribution < 1.29 is 0 Å². The molecular formula is C8H10N2. The van der Waals surface area contributed by atoms with Gasteiger partial charge in [0.2, 0.25) is 0 Å². The molecule has 1 aromatic heterocycles.